The quantitative estimate of drug-likeness (QED) is 0.738. The first kappa shape index (κ1) is 13.4. The molecule has 4 nitrogen and oxygen atoms in total. The third-order valence-electron chi connectivity index (χ3n) is 1.85. The van der Waals surface area contributed by atoms with Gasteiger partial charge in [0.1, 0.15) is 0 Å². The van der Waals surface area contributed by atoms with Crippen molar-refractivity contribution >= 4 is 19.7 Å². The molecule has 0 fully saturated rings. The number of sulfone groups is 2. The Morgan fingerprint density at radius 2 is 1.14 bits per heavy atom. The molecule has 0 aliphatic carbocycles. The van der Waals surface area contributed by atoms with Crippen LogP contribution in [0.1, 0.15) is 20.8 Å². The van der Waals surface area contributed by atoms with E-state index in [2.05, 4.69) is 13.2 Å². The topological polar surface area (TPSA) is 68.3 Å². The zero-order chi connectivity index (χ0) is 11.7. The fourth-order valence-corrected chi connectivity index (χ4v) is 4.19. The maximum Gasteiger partial charge on any atom is 0.190 e. The number of hydrogen-bond donors (Lipinski definition) is 0. The van der Waals surface area contributed by atoms with Crippen molar-refractivity contribution in [1.29, 1.82) is 0 Å². The molecule has 0 radical (unpaired) electrons. The van der Waals surface area contributed by atoms with E-state index in [1.54, 1.807) is 0 Å². The lowest BCUT2D eigenvalue weighted by atomic mass is 10.8. The summed E-state index contributed by atoms with van der Waals surface area (Å²) in [6.07, 6.45) is 0. The molecule has 0 aromatic rings. The standard InChI is InChI=1S/C8H14O4S2/c1-6(2)13(9,10)8(5)14(11,12)7(3)4/h8H,1,3H2,2,4-5H3. The predicted octanol–water partition coefficient (Wildman–Crippen LogP) is 1.23. The molecular formula is C8H14O4S2. The number of rotatable bonds is 4. The molecule has 0 saturated carbocycles. The van der Waals surface area contributed by atoms with Crippen LogP contribution in [0.25, 0.3) is 0 Å². The van der Waals surface area contributed by atoms with Crippen molar-refractivity contribution in [2.45, 2.75) is 25.4 Å². The SMILES string of the molecule is C=C(C)S(=O)(=O)C(C)S(=O)(=O)C(=C)C. The highest BCUT2D eigenvalue weighted by Gasteiger charge is 2.34. The average Bonchev–Trinajstić information content (AvgIpc) is 2.02. The molecule has 0 saturated heterocycles. The molecule has 0 amide bonds. The largest absolute Gasteiger partial charge is 0.223 e. The predicted molar refractivity (Wildman–Crippen MR) is 56.9 cm³/mol. The van der Waals surface area contributed by atoms with Crippen molar-refractivity contribution in [1.82, 2.24) is 0 Å². The van der Waals surface area contributed by atoms with Gasteiger partial charge in [-0.3, -0.25) is 0 Å². The zero-order valence-corrected chi connectivity index (χ0v) is 10.1. The highest BCUT2D eigenvalue weighted by atomic mass is 32.3. The molecule has 0 unspecified atom stereocenters. The van der Waals surface area contributed by atoms with E-state index in [0.29, 0.717) is 0 Å². The van der Waals surface area contributed by atoms with Crippen LogP contribution in [-0.2, 0) is 19.7 Å². The second-order valence-corrected chi connectivity index (χ2v) is 8.35. The van der Waals surface area contributed by atoms with Gasteiger partial charge in [0.25, 0.3) is 0 Å². The summed E-state index contributed by atoms with van der Waals surface area (Å²) in [4.78, 5) is -0.315. The lowest BCUT2D eigenvalue weighted by Crippen LogP contribution is -2.27. The van der Waals surface area contributed by atoms with Crippen LogP contribution in [0.4, 0.5) is 0 Å². The number of allylic oxidation sites excluding steroid dienone is 2. The van der Waals surface area contributed by atoms with Gasteiger partial charge in [-0.2, -0.15) is 0 Å². The minimum Gasteiger partial charge on any atom is -0.223 e. The van der Waals surface area contributed by atoms with Gasteiger partial charge in [0.05, 0.1) is 0 Å². The van der Waals surface area contributed by atoms with Gasteiger partial charge in [-0.15, -0.1) is 0 Å². The summed E-state index contributed by atoms with van der Waals surface area (Å²) in [5, 5.41) is 0. The van der Waals surface area contributed by atoms with E-state index in [1.165, 1.54) is 13.8 Å². The maximum absolute atomic E-state index is 11.5. The second-order valence-electron chi connectivity index (χ2n) is 3.06. The van der Waals surface area contributed by atoms with Crippen LogP contribution < -0.4 is 0 Å². The van der Waals surface area contributed by atoms with Gasteiger partial charge < -0.3 is 0 Å². The fraction of sp³-hybridized carbons (Fsp3) is 0.500. The third kappa shape index (κ3) is 2.24. The normalized spacial score (nSPS) is 12.9. The van der Waals surface area contributed by atoms with Crippen LogP contribution in [0, 0.1) is 0 Å². The molecule has 14 heavy (non-hydrogen) atoms. The average molecular weight is 238 g/mol. The van der Waals surface area contributed by atoms with Gasteiger partial charge in [-0.05, 0) is 20.8 Å². The van der Waals surface area contributed by atoms with Crippen molar-refractivity contribution in [3.05, 3.63) is 23.0 Å². The molecule has 0 bridgehead atoms. The first-order valence-electron chi connectivity index (χ1n) is 3.83. The Balaban J connectivity index is 5.52. The van der Waals surface area contributed by atoms with E-state index in [0.717, 1.165) is 6.92 Å². The second kappa shape index (κ2) is 3.86. The van der Waals surface area contributed by atoms with Crippen molar-refractivity contribution in [3.8, 4) is 0 Å². The molecule has 0 heterocycles. The zero-order valence-electron chi connectivity index (χ0n) is 8.44. The smallest absolute Gasteiger partial charge is 0.190 e. The highest BCUT2D eigenvalue weighted by Crippen LogP contribution is 2.21. The summed E-state index contributed by atoms with van der Waals surface area (Å²) in [6, 6.07) is 0. The van der Waals surface area contributed by atoms with E-state index in [-0.39, 0.29) is 9.81 Å². The summed E-state index contributed by atoms with van der Waals surface area (Å²) in [5.74, 6) is 0. The maximum atomic E-state index is 11.5. The third-order valence-corrected chi connectivity index (χ3v) is 7.06. The van der Waals surface area contributed by atoms with E-state index in [1.807, 2.05) is 0 Å². The molecule has 0 aromatic heterocycles. The Morgan fingerprint density at radius 1 is 0.929 bits per heavy atom. The molecule has 0 rings (SSSR count). The van der Waals surface area contributed by atoms with Crippen molar-refractivity contribution < 1.29 is 16.8 Å². The van der Waals surface area contributed by atoms with Gasteiger partial charge >= 0.3 is 0 Å². The monoisotopic (exact) mass is 238 g/mol. The minimum absolute atomic E-state index is 0.158. The number of hydrogen-bond acceptors (Lipinski definition) is 4. The minimum atomic E-state index is -3.82. The van der Waals surface area contributed by atoms with Gasteiger partial charge in [0.15, 0.2) is 24.3 Å². The molecule has 0 aromatic carbocycles. The van der Waals surface area contributed by atoms with Gasteiger partial charge in [-0.25, -0.2) is 16.8 Å². The summed E-state index contributed by atoms with van der Waals surface area (Å²) in [7, 11) is -7.65. The molecular weight excluding hydrogens is 224 g/mol. The molecule has 82 valence electrons. The van der Waals surface area contributed by atoms with Gasteiger partial charge in [0.2, 0.25) is 0 Å². The van der Waals surface area contributed by atoms with Crippen LogP contribution in [0.3, 0.4) is 0 Å². The van der Waals surface area contributed by atoms with Crippen LogP contribution in [0.2, 0.25) is 0 Å². The summed E-state index contributed by atoms with van der Waals surface area (Å²) in [6.45, 7) is 10.1. The Kier molecular flexibility index (Phi) is 3.69. The Bertz CT molecular complexity index is 410. The lowest BCUT2D eigenvalue weighted by molar-refractivity contribution is 0.584. The Hall–Kier alpha value is -0.620. The van der Waals surface area contributed by atoms with E-state index < -0.39 is 24.3 Å². The Morgan fingerprint density at radius 3 is 1.29 bits per heavy atom. The first-order chi connectivity index (χ1) is 6.04. The molecule has 0 spiro atoms. The fourth-order valence-electron chi connectivity index (χ4n) is 0.733. The van der Waals surface area contributed by atoms with E-state index in [4.69, 9.17) is 0 Å². The van der Waals surface area contributed by atoms with Crippen molar-refractivity contribution in [2.24, 2.45) is 0 Å². The van der Waals surface area contributed by atoms with Gasteiger partial charge in [-0.1, -0.05) is 13.2 Å². The van der Waals surface area contributed by atoms with Crippen molar-refractivity contribution in [3.63, 3.8) is 0 Å². The highest BCUT2D eigenvalue weighted by molar-refractivity contribution is 8.12. The van der Waals surface area contributed by atoms with Crippen LogP contribution in [-0.4, -0.2) is 21.4 Å². The van der Waals surface area contributed by atoms with E-state index >= 15 is 0 Å². The lowest BCUT2D eigenvalue weighted by Gasteiger charge is -2.13. The summed E-state index contributed by atoms with van der Waals surface area (Å²) in [5.41, 5.74) is 0. The molecule has 0 aliphatic rings. The molecule has 6 heteroatoms. The Labute approximate surface area is 85.2 Å². The molecule has 0 atom stereocenters. The van der Waals surface area contributed by atoms with Crippen molar-refractivity contribution in [2.75, 3.05) is 0 Å². The van der Waals surface area contributed by atoms with Crippen LogP contribution >= 0.6 is 0 Å². The first-order valence-corrected chi connectivity index (χ1v) is 6.92. The summed E-state index contributed by atoms with van der Waals surface area (Å²) >= 11 is 0. The summed E-state index contributed by atoms with van der Waals surface area (Å²) < 4.78 is 44.3. The van der Waals surface area contributed by atoms with E-state index in [9.17, 15) is 16.8 Å². The van der Waals surface area contributed by atoms with Gasteiger partial charge in [0, 0.05) is 9.81 Å². The molecule has 0 N–H and O–H groups in total. The molecule has 0 aliphatic heterocycles. The van der Waals surface area contributed by atoms with Crippen LogP contribution in [0.15, 0.2) is 23.0 Å². The van der Waals surface area contributed by atoms with Crippen LogP contribution in [0.5, 0.6) is 0 Å².